The molecule has 0 radical (unpaired) electrons. The number of hydrogen-bond donors (Lipinski definition) is 3. The number of aromatic nitrogens is 3. The number of fused-ring (bicyclic) bond motifs is 5. The van der Waals surface area contributed by atoms with Crippen molar-refractivity contribution >= 4 is 54.8 Å². The van der Waals surface area contributed by atoms with E-state index in [4.69, 9.17) is 0 Å². The highest BCUT2D eigenvalue weighted by atomic mass is 32.2. The molecular weight excluding hydrogens is 482 g/mol. The number of aryl methyl sites for hydroxylation is 2. The van der Waals surface area contributed by atoms with E-state index in [1.807, 2.05) is 0 Å². The van der Waals surface area contributed by atoms with Gasteiger partial charge in [-0.25, -0.2) is 18.4 Å². The normalized spacial score (nSPS) is 21.6. The van der Waals surface area contributed by atoms with E-state index in [-0.39, 0.29) is 22.9 Å². The number of nitrogens with zero attached hydrogens (tertiary/aromatic N) is 3. The van der Waals surface area contributed by atoms with Crippen LogP contribution in [0.4, 0.5) is 11.5 Å². The molecule has 1 atom stereocenters. The lowest BCUT2D eigenvalue weighted by molar-refractivity contribution is -0.142. The van der Waals surface area contributed by atoms with Gasteiger partial charge in [-0.3, -0.25) is 19.0 Å². The van der Waals surface area contributed by atoms with Gasteiger partial charge in [0.1, 0.15) is 34.0 Å². The SMILES string of the molecule is Cc1cc(Nc2ncnc3sc4c(c23)CC[C@H](C(=O)O)C4)c(=O)n2c1C(=O)NC21CS(=O)(=O)C1. The first kappa shape index (κ1) is 21.2. The molecule has 34 heavy (non-hydrogen) atoms. The molecular formula is C21H19N5O6S2. The maximum atomic E-state index is 13.5. The molecule has 1 saturated heterocycles. The van der Waals surface area contributed by atoms with E-state index in [0.29, 0.717) is 35.5 Å². The van der Waals surface area contributed by atoms with Crippen molar-refractivity contribution in [2.24, 2.45) is 5.92 Å². The van der Waals surface area contributed by atoms with Crippen LogP contribution in [0.25, 0.3) is 10.2 Å². The standard InChI is InChI=1S/C21H19N5O6S2/c1-9-4-12(19(28)26-15(9)17(27)25-21(26)6-34(31,32)7-21)24-16-14-11-3-2-10(20(29)30)5-13(11)33-18(14)23-8-22-16/h4,8,10H,2-3,5-7H2,1H3,(H,25,27)(H,29,30)(H,22,23,24)/t10-/m0/s1. The average molecular weight is 502 g/mol. The summed E-state index contributed by atoms with van der Waals surface area (Å²) in [5.41, 5.74) is 0.0565. The van der Waals surface area contributed by atoms with E-state index < -0.39 is 38.9 Å². The highest BCUT2D eigenvalue weighted by Gasteiger charge is 2.57. The van der Waals surface area contributed by atoms with Gasteiger partial charge in [0.25, 0.3) is 11.5 Å². The van der Waals surface area contributed by atoms with Crippen molar-refractivity contribution in [2.45, 2.75) is 31.8 Å². The van der Waals surface area contributed by atoms with Gasteiger partial charge in [-0.05, 0) is 43.4 Å². The first-order valence-electron chi connectivity index (χ1n) is 10.6. The Bertz CT molecular complexity index is 1590. The van der Waals surface area contributed by atoms with Gasteiger partial charge in [-0.2, -0.15) is 0 Å². The quantitative estimate of drug-likeness (QED) is 0.474. The van der Waals surface area contributed by atoms with Gasteiger partial charge < -0.3 is 15.7 Å². The Balaban J connectivity index is 1.46. The summed E-state index contributed by atoms with van der Waals surface area (Å²) in [5, 5.41) is 15.9. The van der Waals surface area contributed by atoms with Crippen LogP contribution >= 0.6 is 11.3 Å². The molecule has 0 bridgehead atoms. The Morgan fingerprint density at radius 2 is 2.09 bits per heavy atom. The fourth-order valence-corrected chi connectivity index (χ4v) is 8.32. The molecule has 3 aliphatic rings. The minimum Gasteiger partial charge on any atom is -0.481 e. The van der Waals surface area contributed by atoms with Crippen LogP contribution in [0.3, 0.4) is 0 Å². The Kier molecular flexibility index (Phi) is 4.28. The summed E-state index contributed by atoms with van der Waals surface area (Å²) in [6.45, 7) is 1.69. The molecule has 3 aromatic rings. The molecule has 13 heteroatoms. The summed E-state index contributed by atoms with van der Waals surface area (Å²) in [6, 6.07) is 1.56. The van der Waals surface area contributed by atoms with E-state index in [1.54, 1.807) is 13.0 Å². The summed E-state index contributed by atoms with van der Waals surface area (Å²) in [4.78, 5) is 47.8. The number of carbonyl (C=O) groups is 2. The zero-order chi connectivity index (χ0) is 24.0. The molecule has 176 valence electrons. The molecule has 1 amide bonds. The van der Waals surface area contributed by atoms with Gasteiger partial charge in [0.15, 0.2) is 9.84 Å². The van der Waals surface area contributed by atoms with E-state index in [1.165, 1.54) is 22.2 Å². The molecule has 1 aliphatic carbocycles. The number of rotatable bonds is 3. The number of aliphatic carboxylic acids is 1. The van der Waals surface area contributed by atoms with Crippen molar-refractivity contribution in [1.82, 2.24) is 19.9 Å². The maximum absolute atomic E-state index is 13.5. The summed E-state index contributed by atoms with van der Waals surface area (Å²) in [5.74, 6) is -1.97. The number of thiophene rings is 1. The molecule has 2 aliphatic heterocycles. The summed E-state index contributed by atoms with van der Waals surface area (Å²) in [7, 11) is -3.34. The highest BCUT2D eigenvalue weighted by molar-refractivity contribution is 7.92. The van der Waals surface area contributed by atoms with Crippen LogP contribution in [0.5, 0.6) is 0 Å². The van der Waals surface area contributed by atoms with Gasteiger partial charge in [-0.15, -0.1) is 11.3 Å². The summed E-state index contributed by atoms with van der Waals surface area (Å²) < 4.78 is 25.1. The third-order valence-corrected chi connectivity index (χ3v) is 9.74. The molecule has 0 unspecified atom stereocenters. The topological polar surface area (TPSA) is 160 Å². The molecule has 0 saturated carbocycles. The van der Waals surface area contributed by atoms with Crippen LogP contribution in [0, 0.1) is 12.8 Å². The van der Waals surface area contributed by atoms with Gasteiger partial charge in [0.2, 0.25) is 0 Å². The van der Waals surface area contributed by atoms with Crippen LogP contribution < -0.4 is 16.2 Å². The van der Waals surface area contributed by atoms with Gasteiger partial charge in [-0.1, -0.05) is 0 Å². The molecule has 1 spiro atoms. The lowest BCUT2D eigenvalue weighted by atomic mass is 9.88. The molecule has 3 aromatic heterocycles. The summed E-state index contributed by atoms with van der Waals surface area (Å²) >= 11 is 1.43. The van der Waals surface area contributed by atoms with Crippen molar-refractivity contribution in [3.8, 4) is 0 Å². The molecule has 1 fully saturated rings. The predicted molar refractivity (Wildman–Crippen MR) is 123 cm³/mol. The molecule has 0 aromatic carbocycles. The zero-order valence-corrected chi connectivity index (χ0v) is 19.5. The first-order chi connectivity index (χ1) is 16.1. The lowest BCUT2D eigenvalue weighted by Crippen LogP contribution is -2.64. The molecule has 6 rings (SSSR count). The minimum absolute atomic E-state index is 0.158. The van der Waals surface area contributed by atoms with Crippen LogP contribution in [-0.2, 0) is 33.1 Å². The Morgan fingerprint density at radius 1 is 1.32 bits per heavy atom. The van der Waals surface area contributed by atoms with Gasteiger partial charge >= 0.3 is 5.97 Å². The second-order valence-electron chi connectivity index (χ2n) is 9.06. The monoisotopic (exact) mass is 501 g/mol. The van der Waals surface area contributed by atoms with Crippen LogP contribution in [0.1, 0.15) is 32.9 Å². The number of carboxylic acid groups (broad SMARTS) is 1. The Labute approximate surface area is 196 Å². The van der Waals surface area contributed by atoms with Crippen molar-refractivity contribution in [1.29, 1.82) is 0 Å². The largest absolute Gasteiger partial charge is 0.481 e. The van der Waals surface area contributed by atoms with E-state index in [9.17, 15) is 27.9 Å². The second-order valence-corrected chi connectivity index (χ2v) is 12.2. The number of carboxylic acids is 1. The highest BCUT2D eigenvalue weighted by Crippen LogP contribution is 2.41. The van der Waals surface area contributed by atoms with Crippen molar-refractivity contribution in [3.63, 3.8) is 0 Å². The fourth-order valence-electron chi connectivity index (χ4n) is 5.28. The molecule has 3 N–H and O–H groups in total. The van der Waals surface area contributed by atoms with Crippen LogP contribution in [0.2, 0.25) is 0 Å². The van der Waals surface area contributed by atoms with E-state index in [2.05, 4.69) is 20.6 Å². The predicted octanol–water partition coefficient (Wildman–Crippen LogP) is 0.919. The number of sulfone groups is 1. The number of carbonyl (C=O) groups excluding carboxylic acids is 1. The summed E-state index contributed by atoms with van der Waals surface area (Å²) in [6.07, 6.45) is 2.88. The van der Waals surface area contributed by atoms with Crippen LogP contribution in [-0.4, -0.2) is 51.4 Å². The smallest absolute Gasteiger partial charge is 0.306 e. The third-order valence-electron chi connectivity index (χ3n) is 6.75. The lowest BCUT2D eigenvalue weighted by Gasteiger charge is -2.38. The van der Waals surface area contributed by atoms with Crippen molar-refractivity contribution in [2.75, 3.05) is 16.8 Å². The van der Waals surface area contributed by atoms with Crippen molar-refractivity contribution in [3.05, 3.63) is 44.4 Å². The third kappa shape index (κ3) is 2.92. The van der Waals surface area contributed by atoms with Crippen molar-refractivity contribution < 1.29 is 23.1 Å². The second kappa shape index (κ2) is 6.85. The zero-order valence-electron chi connectivity index (χ0n) is 17.9. The Morgan fingerprint density at radius 3 is 2.79 bits per heavy atom. The number of amides is 1. The van der Waals surface area contributed by atoms with Gasteiger partial charge in [0, 0.05) is 4.88 Å². The Hall–Kier alpha value is -3.32. The van der Waals surface area contributed by atoms with Gasteiger partial charge in [0.05, 0.1) is 22.8 Å². The fraction of sp³-hybridized carbons (Fsp3) is 0.381. The number of anilines is 2. The van der Waals surface area contributed by atoms with E-state index in [0.717, 1.165) is 15.8 Å². The van der Waals surface area contributed by atoms with E-state index >= 15 is 0 Å². The minimum atomic E-state index is -3.34. The average Bonchev–Trinajstić information content (AvgIpc) is 3.26. The first-order valence-corrected chi connectivity index (χ1v) is 13.3. The molecule has 5 heterocycles. The maximum Gasteiger partial charge on any atom is 0.306 e. The number of pyridine rings is 1. The molecule has 11 nitrogen and oxygen atoms in total. The number of nitrogens with one attached hydrogen (secondary N) is 2. The van der Waals surface area contributed by atoms with Crippen LogP contribution in [0.15, 0.2) is 17.2 Å². The number of hydrogen-bond acceptors (Lipinski definition) is 9.